The first-order chi connectivity index (χ1) is 19.8. The first kappa shape index (κ1) is 28.0. The van der Waals surface area contributed by atoms with Gasteiger partial charge in [0.2, 0.25) is 0 Å². The van der Waals surface area contributed by atoms with E-state index in [2.05, 4.69) is 17.9 Å². The summed E-state index contributed by atoms with van der Waals surface area (Å²) in [4.78, 5) is 16.0. The highest BCUT2D eigenvalue weighted by molar-refractivity contribution is 5.89. The van der Waals surface area contributed by atoms with Gasteiger partial charge in [0, 0.05) is 76.0 Å². The highest BCUT2D eigenvalue weighted by Gasteiger charge is 2.85. The molecule has 0 radical (unpaired) electrons. The summed E-state index contributed by atoms with van der Waals surface area (Å²) in [5.41, 5.74) is -0.832. The van der Waals surface area contributed by atoms with Crippen LogP contribution in [0.2, 0.25) is 0 Å². The highest BCUT2D eigenvalue weighted by atomic mass is 16.6. The maximum Gasteiger partial charge on any atom is 0.338 e. The molecule has 5 aliphatic carbocycles. The van der Waals surface area contributed by atoms with Crippen LogP contribution in [0.25, 0.3) is 0 Å². The molecule has 1 aromatic carbocycles. The molecule has 1 aliphatic heterocycles. The summed E-state index contributed by atoms with van der Waals surface area (Å²) in [7, 11) is 6.82. The van der Waals surface area contributed by atoms with Gasteiger partial charge in [-0.2, -0.15) is 0 Å². The number of likely N-dealkylation sites (tertiary alicyclic amines) is 1. The molecule has 9 heteroatoms. The van der Waals surface area contributed by atoms with Crippen LogP contribution in [0.15, 0.2) is 42.0 Å². The number of nitrogens with zero attached hydrogens (tertiary/aromatic N) is 1. The molecule has 6 aliphatic rings. The fraction of sp³-hybridized carbons (Fsp3) is 0.719. The van der Waals surface area contributed by atoms with Crippen LogP contribution in [0, 0.1) is 34.5 Å². The minimum absolute atomic E-state index is 0.0360. The van der Waals surface area contributed by atoms with Gasteiger partial charge < -0.3 is 33.9 Å². The number of carbonyl (C=O) groups is 1. The van der Waals surface area contributed by atoms with Crippen molar-refractivity contribution in [1.82, 2.24) is 4.90 Å². The van der Waals surface area contributed by atoms with Crippen LogP contribution in [0.1, 0.15) is 30.1 Å². The van der Waals surface area contributed by atoms with Crippen molar-refractivity contribution in [2.45, 2.75) is 61.9 Å². The molecule has 1 spiro atoms. The average molecular weight is 570 g/mol. The van der Waals surface area contributed by atoms with E-state index in [1.165, 1.54) is 0 Å². The van der Waals surface area contributed by atoms with Crippen molar-refractivity contribution < 1.29 is 38.7 Å². The molecule has 7 bridgehead atoms. The number of fused-ring (bicyclic) bond motifs is 2. The lowest BCUT2D eigenvalue weighted by Gasteiger charge is -2.68. The smallest absolute Gasteiger partial charge is 0.338 e. The van der Waals surface area contributed by atoms with Gasteiger partial charge in [-0.15, -0.1) is 0 Å². The van der Waals surface area contributed by atoms with Crippen LogP contribution in [0.3, 0.4) is 0 Å². The average Bonchev–Trinajstić information content (AvgIpc) is 3.32. The highest BCUT2D eigenvalue weighted by Crippen LogP contribution is 2.78. The van der Waals surface area contributed by atoms with Gasteiger partial charge in [-0.1, -0.05) is 36.8 Å². The summed E-state index contributed by atoms with van der Waals surface area (Å²) in [5, 5.41) is 24.4. The molecular formula is C32H43NO8. The lowest BCUT2D eigenvalue weighted by molar-refractivity contribution is -0.275. The summed E-state index contributed by atoms with van der Waals surface area (Å²) < 4.78 is 31.0. The van der Waals surface area contributed by atoms with Gasteiger partial charge in [0.1, 0.15) is 17.8 Å². The van der Waals surface area contributed by atoms with Crippen LogP contribution in [-0.4, -0.2) is 111 Å². The number of esters is 1. The Morgan fingerprint density at radius 1 is 1.07 bits per heavy atom. The van der Waals surface area contributed by atoms with Gasteiger partial charge in [-0.25, -0.2) is 4.79 Å². The Morgan fingerprint density at radius 2 is 1.83 bits per heavy atom. The van der Waals surface area contributed by atoms with Crippen molar-refractivity contribution in [3.05, 3.63) is 47.5 Å². The summed E-state index contributed by atoms with van der Waals surface area (Å²) in [5.74, 6) is -0.853. The molecule has 0 amide bonds. The zero-order valence-electron chi connectivity index (χ0n) is 24.6. The van der Waals surface area contributed by atoms with Crippen molar-refractivity contribution in [1.29, 1.82) is 0 Å². The second-order valence-electron chi connectivity index (χ2n) is 13.2. The van der Waals surface area contributed by atoms with Crippen molar-refractivity contribution >= 4 is 5.97 Å². The number of hydrogen-bond donors (Lipinski definition) is 2. The van der Waals surface area contributed by atoms with Gasteiger partial charge >= 0.3 is 5.97 Å². The minimum atomic E-state index is -1.40. The number of aliphatic hydroxyl groups excluding tert-OH is 1. The van der Waals surface area contributed by atoms with Crippen LogP contribution in [-0.2, 0) is 23.7 Å². The van der Waals surface area contributed by atoms with Crippen LogP contribution >= 0.6 is 0 Å². The van der Waals surface area contributed by atoms with E-state index >= 15 is 0 Å². The predicted octanol–water partition coefficient (Wildman–Crippen LogP) is 1.91. The number of piperidine rings is 1. The molecule has 41 heavy (non-hydrogen) atoms. The van der Waals surface area contributed by atoms with E-state index in [-0.39, 0.29) is 41.9 Å². The monoisotopic (exact) mass is 569 g/mol. The molecule has 7 rings (SSSR count). The van der Waals surface area contributed by atoms with E-state index in [1.807, 2.05) is 18.2 Å². The normalized spacial score (nSPS) is 49.1. The Hall–Kier alpha value is -1.85. The number of hydrogen-bond acceptors (Lipinski definition) is 9. The Morgan fingerprint density at radius 3 is 2.46 bits per heavy atom. The van der Waals surface area contributed by atoms with E-state index in [4.69, 9.17) is 23.7 Å². The van der Waals surface area contributed by atoms with E-state index in [0.717, 1.165) is 12.1 Å². The SMILES string of the molecule is CCN1C[C@]2(COC)[C@H](O)C[C@H](OC)[C@@]34[C@@H]5C[C@]6(O)[C@@H](OC)C=C([C@H]5[C@H]6OC(=O)c5ccccc5)[C@@H]([C@H](OC)[C@H]23)[C@@H]14. The second kappa shape index (κ2) is 9.58. The zero-order chi connectivity index (χ0) is 28.9. The van der Waals surface area contributed by atoms with Crippen LogP contribution < -0.4 is 0 Å². The molecule has 1 aromatic rings. The molecule has 1 saturated heterocycles. The number of methoxy groups -OCH3 is 4. The van der Waals surface area contributed by atoms with Gasteiger partial charge in [0.15, 0.2) is 0 Å². The molecular weight excluding hydrogens is 526 g/mol. The minimum Gasteiger partial charge on any atom is -0.455 e. The number of ether oxygens (including phenoxy) is 5. The third kappa shape index (κ3) is 3.23. The molecule has 13 atom stereocenters. The Balaban J connectivity index is 1.44. The second-order valence-corrected chi connectivity index (χ2v) is 13.2. The molecule has 1 heterocycles. The molecule has 9 nitrogen and oxygen atoms in total. The quantitative estimate of drug-likeness (QED) is 0.359. The van der Waals surface area contributed by atoms with Gasteiger partial charge in [0.05, 0.1) is 30.5 Å². The van der Waals surface area contributed by atoms with E-state index < -0.39 is 40.7 Å². The molecule has 0 aromatic heterocycles. The number of benzene rings is 1. The van der Waals surface area contributed by atoms with E-state index in [0.29, 0.717) is 31.6 Å². The van der Waals surface area contributed by atoms with Crippen molar-refractivity contribution in [2.75, 3.05) is 48.1 Å². The first-order valence-electron chi connectivity index (χ1n) is 15.0. The Labute approximate surface area is 241 Å². The molecule has 0 unspecified atom stereocenters. The fourth-order valence-corrected chi connectivity index (χ4v) is 11.2. The van der Waals surface area contributed by atoms with Gasteiger partial charge in [0.25, 0.3) is 0 Å². The molecule has 4 saturated carbocycles. The third-order valence-corrected chi connectivity index (χ3v) is 12.2. The lowest BCUT2D eigenvalue weighted by atomic mass is 9.43. The topological polar surface area (TPSA) is 107 Å². The predicted molar refractivity (Wildman–Crippen MR) is 148 cm³/mol. The summed E-state index contributed by atoms with van der Waals surface area (Å²) in [6, 6.07) is 9.04. The number of rotatable bonds is 8. The molecule has 224 valence electrons. The van der Waals surface area contributed by atoms with E-state index in [1.54, 1.807) is 40.6 Å². The van der Waals surface area contributed by atoms with E-state index in [9.17, 15) is 15.0 Å². The lowest BCUT2D eigenvalue weighted by Crippen LogP contribution is -2.76. The Bertz CT molecular complexity index is 1230. The maximum atomic E-state index is 13.5. The molecule has 5 fully saturated rings. The number of aliphatic hydroxyl groups is 2. The standard InChI is InChI=1S/C32H43NO8/c1-6-33-15-30(16-37-2)20(34)13-22(39-4)32-19-14-31(36)21(38-3)12-18(24(27(32)33)25(40-5)26(30)32)23(19)28(31)41-29(35)17-10-8-7-9-11-17/h7-12,19-28,34,36H,6,13-16H2,1-5H3/t19-,20-,21+,22+,23-,24+,25+,26-,27-,28-,30+,31+,32+/m1/s1. The van der Waals surface area contributed by atoms with Crippen molar-refractivity contribution in [2.24, 2.45) is 34.5 Å². The largest absolute Gasteiger partial charge is 0.455 e. The van der Waals surface area contributed by atoms with Crippen LogP contribution in [0.5, 0.6) is 0 Å². The van der Waals surface area contributed by atoms with Crippen molar-refractivity contribution in [3.8, 4) is 0 Å². The summed E-state index contributed by atoms with van der Waals surface area (Å²) in [6.07, 6.45) is 0.461. The summed E-state index contributed by atoms with van der Waals surface area (Å²) in [6.45, 7) is 4.08. The van der Waals surface area contributed by atoms with Crippen LogP contribution in [0.4, 0.5) is 0 Å². The zero-order valence-corrected chi connectivity index (χ0v) is 24.6. The maximum absolute atomic E-state index is 13.5. The first-order valence-corrected chi connectivity index (χ1v) is 15.0. The van der Waals surface area contributed by atoms with Gasteiger partial charge in [-0.05, 0) is 31.0 Å². The number of carbonyl (C=O) groups excluding carboxylic acids is 1. The summed E-state index contributed by atoms with van der Waals surface area (Å²) >= 11 is 0. The Kier molecular flexibility index (Phi) is 6.53. The fourth-order valence-electron chi connectivity index (χ4n) is 11.2. The molecule has 2 N–H and O–H groups in total. The van der Waals surface area contributed by atoms with Gasteiger partial charge in [-0.3, -0.25) is 4.90 Å². The van der Waals surface area contributed by atoms with Crippen molar-refractivity contribution in [3.63, 3.8) is 0 Å². The third-order valence-electron chi connectivity index (χ3n) is 12.2.